The largest absolute Gasteiger partial charge is 0.485 e. The highest BCUT2D eigenvalue weighted by atomic mass is 16.6. The molecule has 94 valence electrons. The molecule has 2 heterocycles. The SMILES string of the molecule is CC(C)(C)NCc1cc(OC2COC2)ccn1. The molecule has 0 unspecified atom stereocenters. The van der Waals surface area contributed by atoms with Gasteiger partial charge in [0, 0.05) is 24.3 Å². The first-order valence-corrected chi connectivity index (χ1v) is 5.97. The zero-order valence-corrected chi connectivity index (χ0v) is 10.7. The maximum Gasteiger partial charge on any atom is 0.145 e. The summed E-state index contributed by atoms with van der Waals surface area (Å²) in [5, 5.41) is 3.40. The molecule has 0 spiro atoms. The van der Waals surface area contributed by atoms with Crippen LogP contribution in [-0.2, 0) is 11.3 Å². The second-order valence-electron chi connectivity index (χ2n) is 5.36. The Balaban J connectivity index is 1.91. The summed E-state index contributed by atoms with van der Waals surface area (Å²) in [4.78, 5) is 4.32. The van der Waals surface area contributed by atoms with E-state index >= 15 is 0 Å². The Labute approximate surface area is 102 Å². The number of pyridine rings is 1. The van der Waals surface area contributed by atoms with Crippen LogP contribution < -0.4 is 10.1 Å². The molecule has 1 aromatic rings. The van der Waals surface area contributed by atoms with Gasteiger partial charge in [-0.05, 0) is 26.8 Å². The summed E-state index contributed by atoms with van der Waals surface area (Å²) >= 11 is 0. The summed E-state index contributed by atoms with van der Waals surface area (Å²) in [6.45, 7) is 8.55. The van der Waals surface area contributed by atoms with Crippen LogP contribution in [0.2, 0.25) is 0 Å². The fourth-order valence-electron chi connectivity index (χ4n) is 1.46. The third-order valence-electron chi connectivity index (χ3n) is 2.50. The van der Waals surface area contributed by atoms with Crippen molar-refractivity contribution >= 4 is 0 Å². The van der Waals surface area contributed by atoms with E-state index in [1.165, 1.54) is 0 Å². The first-order valence-electron chi connectivity index (χ1n) is 5.97. The molecule has 1 fully saturated rings. The van der Waals surface area contributed by atoms with Gasteiger partial charge in [-0.3, -0.25) is 4.98 Å². The van der Waals surface area contributed by atoms with Crippen molar-refractivity contribution in [3.8, 4) is 5.75 Å². The van der Waals surface area contributed by atoms with Gasteiger partial charge in [0.15, 0.2) is 0 Å². The number of aromatic nitrogens is 1. The molecule has 1 aliphatic heterocycles. The lowest BCUT2D eigenvalue weighted by molar-refractivity contribution is -0.0797. The van der Waals surface area contributed by atoms with Crippen molar-refractivity contribution in [1.29, 1.82) is 0 Å². The van der Waals surface area contributed by atoms with Crippen LogP contribution in [0.1, 0.15) is 26.5 Å². The van der Waals surface area contributed by atoms with Crippen LogP contribution >= 0.6 is 0 Å². The van der Waals surface area contributed by atoms with E-state index in [1.807, 2.05) is 12.1 Å². The zero-order valence-electron chi connectivity index (χ0n) is 10.7. The molecule has 0 bridgehead atoms. The van der Waals surface area contributed by atoms with E-state index in [4.69, 9.17) is 9.47 Å². The Morgan fingerprint density at radius 1 is 1.47 bits per heavy atom. The fourth-order valence-corrected chi connectivity index (χ4v) is 1.46. The van der Waals surface area contributed by atoms with Crippen molar-refractivity contribution in [2.24, 2.45) is 0 Å². The lowest BCUT2D eigenvalue weighted by Crippen LogP contribution is -2.38. The minimum Gasteiger partial charge on any atom is -0.485 e. The van der Waals surface area contributed by atoms with Crippen LogP contribution in [0.25, 0.3) is 0 Å². The molecular weight excluding hydrogens is 216 g/mol. The molecule has 1 saturated heterocycles. The van der Waals surface area contributed by atoms with Gasteiger partial charge in [0.1, 0.15) is 11.9 Å². The Morgan fingerprint density at radius 2 is 2.24 bits per heavy atom. The maximum atomic E-state index is 5.73. The number of rotatable bonds is 4. The molecule has 0 saturated carbocycles. The van der Waals surface area contributed by atoms with Crippen molar-refractivity contribution in [1.82, 2.24) is 10.3 Å². The van der Waals surface area contributed by atoms with Crippen molar-refractivity contribution in [3.05, 3.63) is 24.0 Å². The molecule has 4 nitrogen and oxygen atoms in total. The van der Waals surface area contributed by atoms with Crippen LogP contribution in [0, 0.1) is 0 Å². The summed E-state index contributed by atoms with van der Waals surface area (Å²) in [6.07, 6.45) is 2.00. The number of nitrogens with zero attached hydrogens (tertiary/aromatic N) is 1. The monoisotopic (exact) mass is 236 g/mol. The summed E-state index contributed by atoms with van der Waals surface area (Å²) in [5.41, 5.74) is 1.10. The number of ether oxygens (including phenoxy) is 2. The van der Waals surface area contributed by atoms with Crippen LogP contribution in [0.5, 0.6) is 5.75 Å². The van der Waals surface area contributed by atoms with E-state index in [-0.39, 0.29) is 11.6 Å². The maximum absolute atomic E-state index is 5.73. The van der Waals surface area contributed by atoms with E-state index in [0.717, 1.165) is 18.0 Å². The number of hydrogen-bond donors (Lipinski definition) is 1. The molecular formula is C13H20N2O2. The molecule has 2 rings (SSSR count). The normalized spacial score (nSPS) is 16.6. The zero-order chi connectivity index (χ0) is 12.3. The Morgan fingerprint density at radius 3 is 2.82 bits per heavy atom. The highest BCUT2D eigenvalue weighted by Crippen LogP contribution is 2.16. The van der Waals surface area contributed by atoms with Crippen molar-refractivity contribution in [2.45, 2.75) is 39.0 Å². The van der Waals surface area contributed by atoms with E-state index in [2.05, 4.69) is 31.1 Å². The third kappa shape index (κ3) is 3.98. The van der Waals surface area contributed by atoms with Gasteiger partial charge in [0.25, 0.3) is 0 Å². The van der Waals surface area contributed by atoms with Gasteiger partial charge >= 0.3 is 0 Å². The minimum absolute atomic E-state index is 0.0976. The summed E-state index contributed by atoms with van der Waals surface area (Å²) in [5.74, 6) is 0.874. The van der Waals surface area contributed by atoms with Gasteiger partial charge in [-0.15, -0.1) is 0 Å². The average Bonchev–Trinajstić information content (AvgIpc) is 2.20. The molecule has 0 aromatic carbocycles. The van der Waals surface area contributed by atoms with Gasteiger partial charge in [0.05, 0.1) is 18.9 Å². The van der Waals surface area contributed by atoms with Crippen LogP contribution in [-0.4, -0.2) is 29.8 Å². The predicted octanol–water partition coefficient (Wildman–Crippen LogP) is 1.75. The van der Waals surface area contributed by atoms with Gasteiger partial charge in [-0.2, -0.15) is 0 Å². The Kier molecular flexibility index (Phi) is 3.64. The topological polar surface area (TPSA) is 43.4 Å². The summed E-state index contributed by atoms with van der Waals surface area (Å²) in [7, 11) is 0. The third-order valence-corrected chi connectivity index (χ3v) is 2.50. The van der Waals surface area contributed by atoms with Crippen LogP contribution in [0.3, 0.4) is 0 Å². The van der Waals surface area contributed by atoms with Crippen molar-refractivity contribution in [2.75, 3.05) is 13.2 Å². The number of nitrogens with one attached hydrogen (secondary N) is 1. The van der Waals surface area contributed by atoms with Crippen LogP contribution in [0.4, 0.5) is 0 Å². The van der Waals surface area contributed by atoms with Gasteiger partial charge in [-0.25, -0.2) is 0 Å². The summed E-state index contributed by atoms with van der Waals surface area (Å²) in [6, 6.07) is 3.87. The van der Waals surface area contributed by atoms with Gasteiger partial charge in [-0.1, -0.05) is 0 Å². The molecule has 1 aromatic heterocycles. The molecule has 0 amide bonds. The van der Waals surface area contributed by atoms with Gasteiger partial charge < -0.3 is 14.8 Å². The average molecular weight is 236 g/mol. The highest BCUT2D eigenvalue weighted by Gasteiger charge is 2.20. The summed E-state index contributed by atoms with van der Waals surface area (Å²) < 4.78 is 10.8. The first kappa shape index (κ1) is 12.3. The smallest absolute Gasteiger partial charge is 0.145 e. The van der Waals surface area contributed by atoms with E-state index in [9.17, 15) is 0 Å². The molecule has 17 heavy (non-hydrogen) atoms. The Hall–Kier alpha value is -1.13. The molecule has 1 N–H and O–H groups in total. The molecule has 0 aliphatic carbocycles. The first-order chi connectivity index (χ1) is 8.03. The molecule has 1 aliphatic rings. The van der Waals surface area contributed by atoms with Crippen molar-refractivity contribution < 1.29 is 9.47 Å². The second kappa shape index (κ2) is 5.02. The van der Waals surface area contributed by atoms with E-state index < -0.39 is 0 Å². The lowest BCUT2D eigenvalue weighted by atomic mass is 10.1. The van der Waals surface area contributed by atoms with E-state index in [0.29, 0.717) is 13.2 Å². The lowest BCUT2D eigenvalue weighted by Gasteiger charge is -2.27. The Bertz CT molecular complexity index is 370. The standard InChI is InChI=1S/C13H20N2O2/c1-13(2,3)15-7-10-6-11(4-5-14-10)17-12-8-16-9-12/h4-6,12,15H,7-9H2,1-3H3. The van der Waals surface area contributed by atoms with Crippen molar-refractivity contribution in [3.63, 3.8) is 0 Å². The quantitative estimate of drug-likeness (QED) is 0.865. The second-order valence-corrected chi connectivity index (χ2v) is 5.36. The highest BCUT2D eigenvalue weighted by molar-refractivity contribution is 5.23. The van der Waals surface area contributed by atoms with Gasteiger partial charge in [0.2, 0.25) is 0 Å². The fraction of sp³-hybridized carbons (Fsp3) is 0.615. The minimum atomic E-state index is 0.0976. The molecule has 0 radical (unpaired) electrons. The number of hydrogen-bond acceptors (Lipinski definition) is 4. The molecule has 0 atom stereocenters. The predicted molar refractivity (Wildman–Crippen MR) is 66.1 cm³/mol. The molecule has 4 heteroatoms. The van der Waals surface area contributed by atoms with Crippen LogP contribution in [0.15, 0.2) is 18.3 Å². The van der Waals surface area contributed by atoms with E-state index in [1.54, 1.807) is 6.20 Å².